The zero-order chi connectivity index (χ0) is 7.11. The topological polar surface area (TPSA) is 33.6 Å². The van der Waals surface area contributed by atoms with Gasteiger partial charge in [-0.3, -0.25) is 4.99 Å². The van der Waals surface area contributed by atoms with E-state index in [-0.39, 0.29) is 0 Å². The van der Waals surface area contributed by atoms with E-state index in [0.29, 0.717) is 0 Å². The van der Waals surface area contributed by atoms with Gasteiger partial charge >= 0.3 is 0 Å². The minimum absolute atomic E-state index is 0.730. The zero-order valence-corrected chi connectivity index (χ0v) is 6.27. The molecule has 0 rings (SSSR count). The number of nitrogens with zero attached hydrogens (tertiary/aromatic N) is 1. The molecule has 0 aliphatic heterocycles. The Kier molecular flexibility index (Phi) is 5.21. The van der Waals surface area contributed by atoms with Crippen LogP contribution in [0.2, 0.25) is 0 Å². The fourth-order valence-electron chi connectivity index (χ4n) is 0.547. The molecule has 0 amide bonds. The first-order chi connectivity index (χ1) is 4.35. The van der Waals surface area contributed by atoms with Crippen LogP contribution >= 0.6 is 0 Å². The van der Waals surface area contributed by atoms with Gasteiger partial charge in [-0.15, -0.1) is 0 Å². The Bertz CT molecular complexity index is 91.1. The van der Waals surface area contributed by atoms with Crippen LogP contribution in [-0.2, 0) is 4.74 Å². The quantitative estimate of drug-likeness (QED) is 0.439. The van der Waals surface area contributed by atoms with Crippen LogP contribution in [0.4, 0.5) is 0 Å². The molecule has 0 aliphatic rings. The van der Waals surface area contributed by atoms with Crippen molar-refractivity contribution < 1.29 is 4.74 Å². The highest BCUT2D eigenvalue weighted by atomic mass is 16.5. The molecule has 0 saturated carbocycles. The molecule has 54 valence electrons. The summed E-state index contributed by atoms with van der Waals surface area (Å²) < 4.78 is 4.86. The van der Waals surface area contributed by atoms with Crippen LogP contribution in [0.1, 0.15) is 6.42 Å². The summed E-state index contributed by atoms with van der Waals surface area (Å²) in [5, 5.41) is 2.96. The van der Waals surface area contributed by atoms with Gasteiger partial charge in [-0.25, -0.2) is 0 Å². The van der Waals surface area contributed by atoms with E-state index in [1.165, 1.54) is 0 Å². The maximum atomic E-state index is 4.86. The average molecular weight is 130 g/mol. The molecular formula is C6H14N2O. The van der Waals surface area contributed by atoms with Gasteiger partial charge in [0.1, 0.15) is 0 Å². The van der Waals surface area contributed by atoms with Gasteiger partial charge in [0.2, 0.25) is 0 Å². The third-order valence-electron chi connectivity index (χ3n) is 1.10. The van der Waals surface area contributed by atoms with Crippen LogP contribution in [0.15, 0.2) is 4.99 Å². The van der Waals surface area contributed by atoms with E-state index in [4.69, 9.17) is 4.74 Å². The third-order valence-corrected chi connectivity index (χ3v) is 1.10. The van der Waals surface area contributed by atoms with E-state index in [0.717, 1.165) is 18.9 Å². The molecule has 1 N–H and O–H groups in total. The Morgan fingerprint density at radius 3 is 2.67 bits per heavy atom. The summed E-state index contributed by atoms with van der Waals surface area (Å²) in [4.78, 5) is 3.97. The van der Waals surface area contributed by atoms with Crippen molar-refractivity contribution in [2.75, 3.05) is 27.8 Å². The molecule has 0 atom stereocenters. The van der Waals surface area contributed by atoms with Crippen LogP contribution in [0.3, 0.4) is 0 Å². The van der Waals surface area contributed by atoms with Crippen molar-refractivity contribution in [3.63, 3.8) is 0 Å². The summed E-state index contributed by atoms with van der Waals surface area (Å²) in [6.07, 6.45) is 0.865. The SMILES string of the molecule is CN=C(CCOC)NC. The summed E-state index contributed by atoms with van der Waals surface area (Å²) in [7, 11) is 5.31. The first-order valence-corrected chi connectivity index (χ1v) is 2.97. The van der Waals surface area contributed by atoms with Gasteiger partial charge in [0.15, 0.2) is 0 Å². The highest BCUT2D eigenvalue weighted by molar-refractivity contribution is 5.81. The molecule has 0 radical (unpaired) electrons. The lowest BCUT2D eigenvalue weighted by Gasteiger charge is -2.01. The number of rotatable bonds is 3. The molecule has 0 bridgehead atoms. The fraction of sp³-hybridized carbons (Fsp3) is 0.833. The highest BCUT2D eigenvalue weighted by Gasteiger charge is 1.90. The summed E-state index contributed by atoms with van der Waals surface area (Å²) in [6.45, 7) is 0.730. The normalized spacial score (nSPS) is 11.7. The lowest BCUT2D eigenvalue weighted by molar-refractivity contribution is 0.207. The van der Waals surface area contributed by atoms with Crippen molar-refractivity contribution in [2.45, 2.75) is 6.42 Å². The summed E-state index contributed by atoms with van der Waals surface area (Å²) in [6, 6.07) is 0. The second-order valence-corrected chi connectivity index (χ2v) is 1.66. The molecule has 0 saturated heterocycles. The molecule has 0 aliphatic carbocycles. The number of nitrogens with one attached hydrogen (secondary N) is 1. The van der Waals surface area contributed by atoms with E-state index < -0.39 is 0 Å². The number of aliphatic imine (C=N–C) groups is 1. The predicted molar refractivity (Wildman–Crippen MR) is 38.9 cm³/mol. The molecule has 0 aromatic heterocycles. The molecule has 0 fully saturated rings. The lowest BCUT2D eigenvalue weighted by atomic mass is 10.4. The summed E-state index contributed by atoms with van der Waals surface area (Å²) >= 11 is 0. The highest BCUT2D eigenvalue weighted by Crippen LogP contribution is 1.81. The van der Waals surface area contributed by atoms with E-state index in [2.05, 4.69) is 10.3 Å². The maximum Gasteiger partial charge on any atom is 0.0980 e. The van der Waals surface area contributed by atoms with E-state index in [1.54, 1.807) is 14.2 Å². The average Bonchev–Trinajstić information content (AvgIpc) is 1.91. The molecular weight excluding hydrogens is 116 g/mol. The van der Waals surface area contributed by atoms with Crippen LogP contribution < -0.4 is 5.32 Å². The van der Waals surface area contributed by atoms with Crippen molar-refractivity contribution in [3.8, 4) is 0 Å². The van der Waals surface area contributed by atoms with Crippen molar-refractivity contribution >= 4 is 5.84 Å². The molecule has 0 aromatic rings. The van der Waals surface area contributed by atoms with Crippen LogP contribution in [0, 0.1) is 0 Å². The first-order valence-electron chi connectivity index (χ1n) is 2.97. The number of amidine groups is 1. The zero-order valence-electron chi connectivity index (χ0n) is 6.27. The minimum atomic E-state index is 0.730. The standard InChI is InChI=1S/C6H14N2O/c1-7-6(8-2)4-5-9-3/h4-5H2,1-3H3,(H,7,8). The van der Waals surface area contributed by atoms with Crippen molar-refractivity contribution in [3.05, 3.63) is 0 Å². The Morgan fingerprint density at radius 1 is 1.67 bits per heavy atom. The van der Waals surface area contributed by atoms with Crippen LogP contribution in [0.25, 0.3) is 0 Å². The molecule has 3 heteroatoms. The summed E-state index contributed by atoms with van der Waals surface area (Å²) in [5.74, 6) is 0.983. The van der Waals surface area contributed by atoms with Gasteiger partial charge in [-0.05, 0) is 0 Å². The number of hydrogen-bond donors (Lipinski definition) is 1. The third kappa shape index (κ3) is 3.97. The second-order valence-electron chi connectivity index (χ2n) is 1.66. The number of methoxy groups -OCH3 is 1. The van der Waals surface area contributed by atoms with Crippen LogP contribution in [0.5, 0.6) is 0 Å². The Morgan fingerprint density at radius 2 is 2.33 bits per heavy atom. The predicted octanol–water partition coefficient (Wildman–Crippen LogP) is 0.271. The molecule has 3 nitrogen and oxygen atoms in total. The number of hydrogen-bond acceptors (Lipinski definition) is 2. The molecule has 9 heavy (non-hydrogen) atoms. The largest absolute Gasteiger partial charge is 0.384 e. The van der Waals surface area contributed by atoms with Crippen LogP contribution in [-0.4, -0.2) is 33.6 Å². The lowest BCUT2D eigenvalue weighted by Crippen LogP contribution is -2.19. The van der Waals surface area contributed by atoms with Gasteiger partial charge in [0, 0.05) is 27.6 Å². The van der Waals surface area contributed by atoms with Gasteiger partial charge in [0.25, 0.3) is 0 Å². The second kappa shape index (κ2) is 5.56. The first kappa shape index (κ1) is 8.43. The maximum absolute atomic E-state index is 4.86. The Labute approximate surface area is 56.1 Å². The fourth-order valence-corrected chi connectivity index (χ4v) is 0.547. The van der Waals surface area contributed by atoms with Crippen molar-refractivity contribution in [2.24, 2.45) is 4.99 Å². The Hall–Kier alpha value is -0.570. The van der Waals surface area contributed by atoms with E-state index >= 15 is 0 Å². The van der Waals surface area contributed by atoms with Gasteiger partial charge in [-0.2, -0.15) is 0 Å². The minimum Gasteiger partial charge on any atom is -0.384 e. The Balaban J connectivity index is 3.33. The molecule has 0 heterocycles. The van der Waals surface area contributed by atoms with Crippen molar-refractivity contribution in [1.29, 1.82) is 0 Å². The molecule has 0 aromatic carbocycles. The van der Waals surface area contributed by atoms with Gasteiger partial charge in [0.05, 0.1) is 12.4 Å². The smallest absolute Gasteiger partial charge is 0.0980 e. The van der Waals surface area contributed by atoms with E-state index in [9.17, 15) is 0 Å². The van der Waals surface area contributed by atoms with E-state index in [1.807, 2.05) is 7.05 Å². The monoisotopic (exact) mass is 130 g/mol. The van der Waals surface area contributed by atoms with Gasteiger partial charge < -0.3 is 10.1 Å². The number of ether oxygens (including phenoxy) is 1. The summed E-state index contributed by atoms with van der Waals surface area (Å²) in [5.41, 5.74) is 0. The van der Waals surface area contributed by atoms with Crippen molar-refractivity contribution in [1.82, 2.24) is 5.32 Å². The van der Waals surface area contributed by atoms with Gasteiger partial charge in [-0.1, -0.05) is 0 Å². The molecule has 0 unspecified atom stereocenters. The molecule has 0 spiro atoms.